The van der Waals surface area contributed by atoms with Gasteiger partial charge >= 0.3 is 27.7 Å². The SMILES string of the molecule is CC(C)(O)C(C)(C)OBB1OC(C)(C)C(C)(CC2(C)OB(C(O)CNCC(F)(F)F)OC2(C)C)O1. The highest BCUT2D eigenvalue weighted by atomic mass is 19.4. The molecule has 35 heavy (non-hydrogen) atoms. The van der Waals surface area contributed by atoms with Crippen molar-refractivity contribution in [2.75, 3.05) is 13.1 Å². The van der Waals surface area contributed by atoms with Crippen LogP contribution in [0.1, 0.15) is 75.7 Å². The van der Waals surface area contributed by atoms with E-state index in [0.29, 0.717) is 6.42 Å². The Balaban J connectivity index is 2.09. The molecule has 0 bridgehead atoms. The fourth-order valence-electron chi connectivity index (χ4n) is 4.04. The smallest absolute Gasteiger partial charge is 0.434 e. The molecule has 2 aliphatic rings. The summed E-state index contributed by atoms with van der Waals surface area (Å²) in [4.78, 5) is 0. The van der Waals surface area contributed by atoms with Crippen LogP contribution in [-0.4, -0.2) is 90.6 Å². The zero-order valence-electron chi connectivity index (χ0n) is 22.6. The second kappa shape index (κ2) is 9.76. The van der Waals surface area contributed by atoms with Gasteiger partial charge in [0.25, 0.3) is 0 Å². The van der Waals surface area contributed by atoms with E-state index in [0.717, 1.165) is 0 Å². The normalized spacial score (nSPS) is 30.1. The number of nitrogens with one attached hydrogen (secondary N) is 1. The van der Waals surface area contributed by atoms with Gasteiger partial charge in [-0.15, -0.1) is 0 Å². The second-order valence-corrected chi connectivity index (χ2v) is 12.1. The highest BCUT2D eigenvalue weighted by Crippen LogP contribution is 2.49. The van der Waals surface area contributed by atoms with Gasteiger partial charge in [0.2, 0.25) is 0 Å². The summed E-state index contributed by atoms with van der Waals surface area (Å²) in [5, 5.41) is 23.0. The number of rotatable bonds is 10. The van der Waals surface area contributed by atoms with Crippen LogP contribution in [0.3, 0.4) is 0 Å². The Morgan fingerprint density at radius 2 is 1.43 bits per heavy atom. The number of hydrogen-bond donors (Lipinski definition) is 3. The fraction of sp³-hybridized carbons (Fsp3) is 1.00. The van der Waals surface area contributed by atoms with Gasteiger partial charge in [-0.05, 0) is 69.2 Å². The minimum atomic E-state index is -4.38. The molecular weight excluding hydrogens is 468 g/mol. The van der Waals surface area contributed by atoms with Gasteiger partial charge in [0.1, 0.15) is 6.00 Å². The highest BCUT2D eigenvalue weighted by molar-refractivity contribution is 7.03. The maximum absolute atomic E-state index is 12.4. The van der Waals surface area contributed by atoms with E-state index < -0.39 is 66.5 Å². The third kappa shape index (κ3) is 6.96. The number of hydrogen-bond acceptors (Lipinski definition) is 8. The van der Waals surface area contributed by atoms with Gasteiger partial charge in [0, 0.05) is 13.0 Å². The summed E-state index contributed by atoms with van der Waals surface area (Å²) in [6.07, 6.45) is -4.07. The van der Waals surface area contributed by atoms with Crippen LogP contribution in [0.5, 0.6) is 0 Å². The van der Waals surface area contributed by atoms with Crippen LogP contribution < -0.4 is 5.32 Å². The Kier molecular flexibility index (Phi) is 8.61. The lowest BCUT2D eigenvalue weighted by molar-refractivity contribution is -0.125. The van der Waals surface area contributed by atoms with Crippen molar-refractivity contribution in [3.8, 4) is 0 Å². The van der Waals surface area contributed by atoms with E-state index in [1.54, 1.807) is 27.7 Å². The average Bonchev–Trinajstić information content (AvgIpc) is 2.99. The molecule has 0 aromatic rings. The van der Waals surface area contributed by atoms with Gasteiger partial charge in [-0.2, -0.15) is 13.2 Å². The van der Waals surface area contributed by atoms with Gasteiger partial charge in [-0.25, -0.2) is 0 Å². The zero-order chi connectivity index (χ0) is 27.3. The first kappa shape index (κ1) is 30.9. The van der Waals surface area contributed by atoms with E-state index >= 15 is 0 Å². The van der Waals surface area contributed by atoms with Gasteiger partial charge in [-0.3, -0.25) is 0 Å². The lowest BCUT2D eigenvalue weighted by atomic mass is 9.55. The Bertz CT molecular complexity index is 751. The quantitative estimate of drug-likeness (QED) is 0.385. The maximum atomic E-state index is 12.4. The number of aliphatic hydroxyl groups is 2. The molecule has 202 valence electrons. The van der Waals surface area contributed by atoms with Crippen LogP contribution in [-0.2, 0) is 23.3 Å². The van der Waals surface area contributed by atoms with E-state index in [9.17, 15) is 23.4 Å². The van der Waals surface area contributed by atoms with Gasteiger partial charge < -0.3 is 38.8 Å². The average molecular weight is 509 g/mol. The van der Waals surface area contributed by atoms with Crippen LogP contribution in [0.15, 0.2) is 0 Å². The molecular formula is C21H41B3F3NO7. The molecule has 2 rings (SSSR count). The fourth-order valence-corrected chi connectivity index (χ4v) is 4.04. The molecule has 0 amide bonds. The molecule has 2 heterocycles. The molecule has 0 radical (unpaired) electrons. The zero-order valence-corrected chi connectivity index (χ0v) is 22.6. The standard InChI is InChI=1S/C21H41B3F3NO7/c1-15(2,30)16(3,4)31-22-24-33-18(7,8)20(10,35-24)12-19(9)17(5,6)32-23(34-19)14(29)11-28-13-21(25,26)27/h14,22,28-30H,11-13H2,1-10H3. The van der Waals surface area contributed by atoms with Crippen molar-refractivity contribution in [3.63, 3.8) is 0 Å². The Morgan fingerprint density at radius 3 is 1.94 bits per heavy atom. The largest absolute Gasteiger partial charge is 0.489 e. The van der Waals surface area contributed by atoms with E-state index in [-0.39, 0.29) is 13.9 Å². The molecule has 3 N–H and O–H groups in total. The minimum Gasteiger partial charge on any atom is -0.434 e. The number of alkyl halides is 3. The predicted octanol–water partition coefficient (Wildman–Crippen LogP) is 1.99. The van der Waals surface area contributed by atoms with E-state index in [4.69, 9.17) is 23.3 Å². The van der Waals surface area contributed by atoms with Crippen molar-refractivity contribution in [1.29, 1.82) is 0 Å². The monoisotopic (exact) mass is 509 g/mol. The summed E-state index contributed by atoms with van der Waals surface area (Å²) in [5.74, 6) is 0. The summed E-state index contributed by atoms with van der Waals surface area (Å²) in [5.41, 5.74) is -5.38. The van der Waals surface area contributed by atoms with Gasteiger partial charge in [-0.1, -0.05) is 0 Å². The molecule has 2 fully saturated rings. The van der Waals surface area contributed by atoms with Crippen LogP contribution in [0.4, 0.5) is 13.2 Å². The third-order valence-corrected chi connectivity index (χ3v) is 7.87. The van der Waals surface area contributed by atoms with Crippen LogP contribution in [0.2, 0.25) is 0 Å². The summed E-state index contributed by atoms with van der Waals surface area (Å²) < 4.78 is 67.8. The molecule has 2 saturated heterocycles. The molecule has 0 aliphatic carbocycles. The number of aliphatic hydroxyl groups excluding tert-OH is 1. The molecule has 3 unspecified atom stereocenters. The van der Waals surface area contributed by atoms with Crippen LogP contribution in [0, 0.1) is 0 Å². The van der Waals surface area contributed by atoms with Crippen molar-refractivity contribution in [3.05, 3.63) is 0 Å². The molecule has 8 nitrogen and oxygen atoms in total. The minimum absolute atomic E-state index is 0.0969. The highest BCUT2D eigenvalue weighted by Gasteiger charge is 2.63. The second-order valence-electron chi connectivity index (χ2n) is 12.1. The van der Waals surface area contributed by atoms with E-state index in [1.807, 2.05) is 41.5 Å². The Labute approximate surface area is 208 Å². The van der Waals surface area contributed by atoms with Crippen molar-refractivity contribution in [1.82, 2.24) is 5.32 Å². The van der Waals surface area contributed by atoms with Crippen molar-refractivity contribution in [2.24, 2.45) is 0 Å². The first-order chi connectivity index (χ1) is 15.4. The summed E-state index contributed by atoms with van der Waals surface area (Å²) in [7, 11) is -1.71. The molecule has 0 spiro atoms. The third-order valence-electron chi connectivity index (χ3n) is 7.87. The van der Waals surface area contributed by atoms with Gasteiger partial charge in [0.15, 0.2) is 0 Å². The first-order valence-electron chi connectivity index (χ1n) is 12.0. The van der Waals surface area contributed by atoms with Gasteiger partial charge in [0.05, 0.1) is 40.2 Å². The molecule has 14 heteroatoms. The van der Waals surface area contributed by atoms with Crippen molar-refractivity contribution < 1.29 is 46.7 Å². The summed E-state index contributed by atoms with van der Waals surface area (Å²) in [6.45, 7) is 16.5. The van der Waals surface area contributed by atoms with Crippen molar-refractivity contribution >= 4 is 21.5 Å². The Morgan fingerprint density at radius 1 is 0.914 bits per heavy atom. The lowest BCUT2D eigenvalue weighted by Crippen LogP contribution is -2.55. The molecule has 0 saturated carbocycles. The molecule has 2 aliphatic heterocycles. The Hall–Kier alpha value is -0.335. The van der Waals surface area contributed by atoms with E-state index in [2.05, 4.69) is 5.32 Å². The van der Waals surface area contributed by atoms with Crippen LogP contribution in [0.25, 0.3) is 0 Å². The maximum Gasteiger partial charge on any atom is 0.489 e. The first-order valence-corrected chi connectivity index (χ1v) is 12.0. The molecule has 3 atom stereocenters. The topological polar surface area (TPSA) is 98.6 Å². The van der Waals surface area contributed by atoms with Crippen LogP contribution >= 0.6 is 0 Å². The number of halogens is 3. The summed E-state index contributed by atoms with van der Waals surface area (Å²) >= 11 is 0. The lowest BCUT2D eigenvalue weighted by Gasteiger charge is -2.46. The van der Waals surface area contributed by atoms with Crippen molar-refractivity contribution in [2.45, 2.75) is 121 Å². The predicted molar refractivity (Wildman–Crippen MR) is 129 cm³/mol. The molecule has 0 aromatic carbocycles. The van der Waals surface area contributed by atoms with E-state index in [1.165, 1.54) is 0 Å². The molecule has 0 aromatic heterocycles. The summed E-state index contributed by atoms with van der Waals surface area (Å²) in [6, 6.07) is -1.30.